The van der Waals surface area contributed by atoms with Gasteiger partial charge in [0.1, 0.15) is 16.6 Å². The molecule has 0 amide bonds. The van der Waals surface area contributed by atoms with Crippen molar-refractivity contribution in [1.29, 1.82) is 5.26 Å². The molecule has 0 aliphatic heterocycles. The zero-order chi connectivity index (χ0) is 12.3. The van der Waals surface area contributed by atoms with Gasteiger partial charge in [-0.15, -0.1) is 0 Å². The van der Waals surface area contributed by atoms with Crippen LogP contribution in [-0.2, 0) is 6.54 Å². The molecule has 5 nitrogen and oxygen atoms in total. The summed E-state index contributed by atoms with van der Waals surface area (Å²) < 4.78 is 3.94. The van der Waals surface area contributed by atoms with E-state index in [1.54, 1.807) is 12.4 Å². The largest absolute Gasteiger partial charge is 0.382 e. The van der Waals surface area contributed by atoms with Crippen LogP contribution in [0.15, 0.2) is 18.5 Å². The lowest BCUT2D eigenvalue weighted by Gasteiger charge is -2.06. The minimum absolute atomic E-state index is 0.280. The number of nitrogens with zero attached hydrogens (tertiary/aromatic N) is 3. The Labute approximate surface area is 103 Å². The number of rotatable bonds is 3. The summed E-state index contributed by atoms with van der Waals surface area (Å²) in [4.78, 5) is 4.06. The molecule has 0 saturated heterocycles. The van der Waals surface area contributed by atoms with Gasteiger partial charge < -0.3 is 11.1 Å². The molecule has 2 aromatic rings. The maximum absolute atomic E-state index is 8.92. The molecule has 0 bridgehead atoms. The van der Waals surface area contributed by atoms with Crippen molar-refractivity contribution in [2.45, 2.75) is 13.5 Å². The van der Waals surface area contributed by atoms with Crippen LogP contribution < -0.4 is 11.1 Å². The molecule has 3 N–H and O–H groups in total. The van der Waals surface area contributed by atoms with Crippen LogP contribution >= 0.6 is 11.5 Å². The molecule has 0 aromatic carbocycles. The summed E-state index contributed by atoms with van der Waals surface area (Å²) in [6.45, 7) is 2.63. The monoisotopic (exact) mass is 245 g/mol. The average molecular weight is 245 g/mol. The fraction of sp³-hybridized carbons (Fsp3) is 0.182. The van der Waals surface area contributed by atoms with Crippen molar-refractivity contribution < 1.29 is 0 Å². The molecule has 0 aliphatic carbocycles. The fourth-order valence-corrected chi connectivity index (χ4v) is 2.05. The Morgan fingerprint density at radius 3 is 3.12 bits per heavy atom. The third-order valence-electron chi connectivity index (χ3n) is 2.42. The summed E-state index contributed by atoms with van der Waals surface area (Å²) in [5.41, 5.74) is 8.23. The molecule has 0 unspecified atom stereocenters. The highest BCUT2D eigenvalue weighted by Crippen LogP contribution is 2.26. The van der Waals surface area contributed by atoms with Gasteiger partial charge in [0, 0.05) is 18.9 Å². The van der Waals surface area contributed by atoms with E-state index in [0.717, 1.165) is 11.1 Å². The molecular weight excluding hydrogens is 234 g/mol. The zero-order valence-electron chi connectivity index (χ0n) is 9.27. The highest BCUT2D eigenvalue weighted by molar-refractivity contribution is 7.10. The quantitative estimate of drug-likeness (QED) is 0.862. The lowest BCUT2D eigenvalue weighted by atomic mass is 10.1. The maximum atomic E-state index is 8.92. The van der Waals surface area contributed by atoms with E-state index in [4.69, 9.17) is 11.0 Å². The van der Waals surface area contributed by atoms with Gasteiger partial charge in [-0.1, -0.05) is 0 Å². The van der Waals surface area contributed by atoms with Crippen LogP contribution in [0.2, 0.25) is 0 Å². The second kappa shape index (κ2) is 4.80. The second-order valence-electron chi connectivity index (χ2n) is 3.54. The summed E-state index contributed by atoms with van der Waals surface area (Å²) in [5, 5.41) is 12.8. The van der Waals surface area contributed by atoms with Crippen LogP contribution in [0.25, 0.3) is 0 Å². The number of anilines is 2. The predicted octanol–water partition coefficient (Wildman–Crippen LogP) is 1.91. The molecule has 0 atom stereocenters. The molecule has 0 aliphatic rings. The van der Waals surface area contributed by atoms with E-state index >= 15 is 0 Å². The van der Waals surface area contributed by atoms with Crippen molar-refractivity contribution in [3.05, 3.63) is 35.2 Å². The van der Waals surface area contributed by atoms with E-state index in [-0.39, 0.29) is 5.82 Å². The highest BCUT2D eigenvalue weighted by atomic mass is 32.1. The zero-order valence-corrected chi connectivity index (χ0v) is 10.1. The number of nitrogens with one attached hydrogen (secondary N) is 1. The lowest BCUT2D eigenvalue weighted by molar-refractivity contribution is 1.09. The maximum Gasteiger partial charge on any atom is 0.157 e. The van der Waals surface area contributed by atoms with Gasteiger partial charge in [0.15, 0.2) is 5.82 Å². The third-order valence-corrected chi connectivity index (χ3v) is 3.24. The van der Waals surface area contributed by atoms with Gasteiger partial charge in [0.25, 0.3) is 0 Å². The van der Waals surface area contributed by atoms with E-state index in [2.05, 4.69) is 14.7 Å². The van der Waals surface area contributed by atoms with E-state index in [0.29, 0.717) is 17.1 Å². The van der Waals surface area contributed by atoms with Crippen molar-refractivity contribution >= 4 is 22.4 Å². The molecule has 2 aromatic heterocycles. The van der Waals surface area contributed by atoms with Gasteiger partial charge in [0.2, 0.25) is 0 Å². The Hall–Kier alpha value is -2.13. The summed E-state index contributed by atoms with van der Waals surface area (Å²) >= 11 is 1.20. The van der Waals surface area contributed by atoms with Crippen molar-refractivity contribution in [2.24, 2.45) is 0 Å². The highest BCUT2D eigenvalue weighted by Gasteiger charge is 2.10. The van der Waals surface area contributed by atoms with Crippen LogP contribution in [0.1, 0.15) is 16.7 Å². The molecule has 0 radical (unpaired) electrons. The number of hydrogen-bond acceptors (Lipinski definition) is 6. The van der Waals surface area contributed by atoms with Crippen LogP contribution in [0.5, 0.6) is 0 Å². The summed E-state index contributed by atoms with van der Waals surface area (Å²) in [6.07, 6.45) is 3.56. The minimum Gasteiger partial charge on any atom is -0.382 e. The molecular formula is C11H11N5S. The normalized spacial score (nSPS) is 9.88. The fourth-order valence-electron chi connectivity index (χ4n) is 1.39. The van der Waals surface area contributed by atoms with Crippen LogP contribution in [0.4, 0.5) is 10.8 Å². The first-order valence-corrected chi connectivity index (χ1v) is 5.78. The van der Waals surface area contributed by atoms with Gasteiger partial charge in [-0.25, -0.2) is 0 Å². The molecule has 86 valence electrons. The van der Waals surface area contributed by atoms with Crippen molar-refractivity contribution in [1.82, 2.24) is 9.36 Å². The number of aromatic nitrogens is 2. The summed E-state index contributed by atoms with van der Waals surface area (Å²) in [7, 11) is 0. The van der Waals surface area contributed by atoms with Crippen LogP contribution in [-0.4, -0.2) is 9.36 Å². The Kier molecular flexibility index (Phi) is 3.21. The van der Waals surface area contributed by atoms with Crippen molar-refractivity contribution in [3.63, 3.8) is 0 Å². The molecule has 2 heterocycles. The number of pyridine rings is 1. The lowest BCUT2D eigenvalue weighted by Crippen LogP contribution is -2.01. The van der Waals surface area contributed by atoms with Crippen LogP contribution in [0, 0.1) is 18.3 Å². The number of nitrogens with two attached hydrogens (primary N) is 1. The summed E-state index contributed by atoms with van der Waals surface area (Å²) in [6, 6.07) is 3.99. The molecule has 17 heavy (non-hydrogen) atoms. The van der Waals surface area contributed by atoms with Gasteiger partial charge >= 0.3 is 0 Å². The smallest absolute Gasteiger partial charge is 0.157 e. The minimum atomic E-state index is 0.280. The number of hydrogen-bond donors (Lipinski definition) is 2. The molecule has 2 rings (SSSR count). The van der Waals surface area contributed by atoms with Gasteiger partial charge in [0.05, 0.1) is 0 Å². The first kappa shape index (κ1) is 11.4. The average Bonchev–Trinajstić information content (AvgIpc) is 2.69. The first-order valence-electron chi connectivity index (χ1n) is 5.01. The predicted molar refractivity (Wildman–Crippen MR) is 67.5 cm³/mol. The topological polar surface area (TPSA) is 87.6 Å². The number of aryl methyl sites for hydroxylation is 1. The van der Waals surface area contributed by atoms with Gasteiger partial charge in [-0.2, -0.15) is 9.64 Å². The Bertz CT molecular complexity index is 569. The van der Waals surface area contributed by atoms with Gasteiger partial charge in [-0.3, -0.25) is 4.98 Å². The molecule has 0 fully saturated rings. The second-order valence-corrected chi connectivity index (χ2v) is 4.31. The standard InChI is InChI=1S/C11H11N5S/c1-7-2-3-14-5-8(7)6-15-11-9(4-12)10(13)16-17-11/h2-3,5,15H,6H2,1H3,(H2,13,16). The van der Waals surface area contributed by atoms with Crippen molar-refractivity contribution in [3.8, 4) is 6.07 Å². The Morgan fingerprint density at radius 2 is 2.41 bits per heavy atom. The van der Waals surface area contributed by atoms with E-state index in [1.165, 1.54) is 11.5 Å². The van der Waals surface area contributed by atoms with Crippen LogP contribution in [0.3, 0.4) is 0 Å². The van der Waals surface area contributed by atoms with E-state index < -0.39 is 0 Å². The van der Waals surface area contributed by atoms with E-state index in [1.807, 2.05) is 19.1 Å². The first-order chi connectivity index (χ1) is 8.22. The number of nitrogen functional groups attached to an aromatic ring is 1. The van der Waals surface area contributed by atoms with Gasteiger partial charge in [-0.05, 0) is 35.6 Å². The SMILES string of the molecule is Cc1ccncc1CNc1snc(N)c1C#N. The Morgan fingerprint density at radius 1 is 1.59 bits per heavy atom. The molecule has 6 heteroatoms. The van der Waals surface area contributed by atoms with Crippen molar-refractivity contribution in [2.75, 3.05) is 11.1 Å². The van der Waals surface area contributed by atoms with E-state index in [9.17, 15) is 0 Å². The molecule has 0 spiro atoms. The summed E-state index contributed by atoms with van der Waals surface area (Å²) in [5.74, 6) is 0.280. The third kappa shape index (κ3) is 2.34. The number of nitriles is 1. The Balaban J connectivity index is 2.13. The molecule has 0 saturated carbocycles.